The summed E-state index contributed by atoms with van der Waals surface area (Å²) in [5, 5.41) is 12.6. The first-order valence-corrected chi connectivity index (χ1v) is 24.1. The minimum Gasteiger partial charge on any atom is -0.418 e. The SMILES string of the molecule is F[B-](F)(F)F.c1ccc(P(c2ccccc2)c2ccccc2)cc1.c1ccc(P(c2ccccc2)c2ccccc2)cc1.c1ccc(P(c2ccccc2)c2ccccc2)cc1. The van der Waals surface area contributed by atoms with Crippen LogP contribution in [0.5, 0.6) is 0 Å². The number of hydrogen-bond donors (Lipinski definition) is 0. The van der Waals surface area contributed by atoms with Crippen molar-refractivity contribution in [2.24, 2.45) is 0 Å². The molecule has 0 nitrogen and oxygen atoms in total. The van der Waals surface area contributed by atoms with Crippen LogP contribution in [0.15, 0.2) is 273 Å². The fourth-order valence-electron chi connectivity index (χ4n) is 6.54. The van der Waals surface area contributed by atoms with Gasteiger partial charge in [0.05, 0.1) is 0 Å². The largest absolute Gasteiger partial charge is 0.673 e. The van der Waals surface area contributed by atoms with Crippen LogP contribution in [-0.2, 0) is 0 Å². The van der Waals surface area contributed by atoms with Crippen LogP contribution >= 0.6 is 23.8 Å². The van der Waals surface area contributed by atoms with Crippen molar-refractivity contribution in [3.05, 3.63) is 273 Å². The lowest BCUT2D eigenvalue weighted by molar-refractivity contribution is 0.368. The van der Waals surface area contributed by atoms with Crippen molar-refractivity contribution >= 4 is 78.8 Å². The van der Waals surface area contributed by atoms with Gasteiger partial charge in [0.15, 0.2) is 0 Å². The van der Waals surface area contributed by atoms with Crippen molar-refractivity contribution in [1.82, 2.24) is 0 Å². The molecule has 0 N–H and O–H groups in total. The van der Waals surface area contributed by atoms with Gasteiger partial charge in [0.2, 0.25) is 0 Å². The van der Waals surface area contributed by atoms with Crippen LogP contribution in [0, 0.1) is 0 Å². The Labute approximate surface area is 367 Å². The van der Waals surface area contributed by atoms with Gasteiger partial charge >= 0.3 is 7.25 Å². The maximum absolute atomic E-state index is 9.75. The molecule has 0 bridgehead atoms. The van der Waals surface area contributed by atoms with Crippen molar-refractivity contribution in [2.75, 3.05) is 0 Å². The van der Waals surface area contributed by atoms with Gasteiger partial charge in [-0.25, -0.2) is 0 Å². The summed E-state index contributed by atoms with van der Waals surface area (Å²) < 4.78 is 39.0. The van der Waals surface area contributed by atoms with Crippen molar-refractivity contribution in [1.29, 1.82) is 0 Å². The molecule has 0 saturated heterocycles. The smallest absolute Gasteiger partial charge is 0.418 e. The molecule has 0 amide bonds. The highest BCUT2D eigenvalue weighted by atomic mass is 31.1. The molecule has 9 rings (SSSR count). The fraction of sp³-hybridized carbons (Fsp3) is 0. The van der Waals surface area contributed by atoms with Gasteiger partial charge in [-0.1, -0.05) is 273 Å². The molecule has 308 valence electrons. The van der Waals surface area contributed by atoms with Crippen LogP contribution in [0.3, 0.4) is 0 Å². The van der Waals surface area contributed by atoms with Gasteiger partial charge < -0.3 is 17.3 Å². The molecule has 62 heavy (non-hydrogen) atoms. The highest BCUT2D eigenvalue weighted by molar-refractivity contribution is 7.80. The first-order valence-electron chi connectivity index (χ1n) is 20.1. The Bertz CT molecular complexity index is 1970. The Balaban J connectivity index is 0.000000147. The Morgan fingerprint density at radius 1 is 0.177 bits per heavy atom. The lowest BCUT2D eigenvalue weighted by Crippen LogP contribution is -2.20. The minimum atomic E-state index is -6.00. The van der Waals surface area contributed by atoms with Gasteiger partial charge in [-0.05, 0) is 71.5 Å². The monoisotopic (exact) mass is 873 g/mol. The maximum Gasteiger partial charge on any atom is 0.673 e. The summed E-state index contributed by atoms with van der Waals surface area (Å²) in [4.78, 5) is 0. The third-order valence-electron chi connectivity index (χ3n) is 9.13. The molecule has 0 spiro atoms. The third kappa shape index (κ3) is 14.6. The molecule has 0 aliphatic carbocycles. The average Bonchev–Trinajstić information content (AvgIpc) is 3.32. The highest BCUT2D eigenvalue weighted by Gasteiger charge is 2.21. The summed E-state index contributed by atoms with van der Waals surface area (Å²) >= 11 is 0. The molecular weight excluding hydrogens is 828 g/mol. The molecule has 9 aromatic carbocycles. The quantitative estimate of drug-likeness (QED) is 0.0770. The van der Waals surface area contributed by atoms with Crippen molar-refractivity contribution < 1.29 is 17.3 Å². The van der Waals surface area contributed by atoms with Crippen LogP contribution in [0.1, 0.15) is 0 Å². The predicted molar refractivity (Wildman–Crippen MR) is 266 cm³/mol. The third-order valence-corrected chi connectivity index (χ3v) is 16.5. The van der Waals surface area contributed by atoms with Crippen molar-refractivity contribution in [3.63, 3.8) is 0 Å². The molecule has 0 aliphatic heterocycles. The second kappa shape index (κ2) is 24.5. The van der Waals surface area contributed by atoms with Gasteiger partial charge in [-0.15, -0.1) is 0 Å². The van der Waals surface area contributed by atoms with Crippen LogP contribution in [0.25, 0.3) is 0 Å². The van der Waals surface area contributed by atoms with E-state index in [0.29, 0.717) is 0 Å². The van der Waals surface area contributed by atoms with E-state index in [4.69, 9.17) is 0 Å². The van der Waals surface area contributed by atoms with Crippen LogP contribution in [0.4, 0.5) is 17.3 Å². The van der Waals surface area contributed by atoms with E-state index >= 15 is 0 Å². The van der Waals surface area contributed by atoms with E-state index in [1.165, 1.54) is 47.7 Å². The van der Waals surface area contributed by atoms with Gasteiger partial charge in [0, 0.05) is 0 Å². The van der Waals surface area contributed by atoms with Gasteiger partial charge in [0.25, 0.3) is 0 Å². The summed E-state index contributed by atoms with van der Waals surface area (Å²) in [6.07, 6.45) is 0. The van der Waals surface area contributed by atoms with E-state index in [1.807, 2.05) is 0 Å². The van der Waals surface area contributed by atoms with E-state index in [1.54, 1.807) is 0 Å². The molecule has 0 saturated carbocycles. The van der Waals surface area contributed by atoms with Gasteiger partial charge in [0.1, 0.15) is 0 Å². The normalized spacial score (nSPS) is 10.7. The first kappa shape index (κ1) is 45.6. The average molecular weight is 874 g/mol. The van der Waals surface area contributed by atoms with E-state index in [0.717, 1.165) is 0 Å². The van der Waals surface area contributed by atoms with Crippen molar-refractivity contribution in [3.8, 4) is 0 Å². The summed E-state index contributed by atoms with van der Waals surface area (Å²) in [6, 6.07) is 97.0. The second-order valence-electron chi connectivity index (χ2n) is 13.5. The Hall–Kier alpha value is -5.95. The zero-order chi connectivity index (χ0) is 43.2. The predicted octanol–water partition coefficient (Wildman–Crippen LogP) is 11.6. The Kier molecular flexibility index (Phi) is 18.0. The Morgan fingerprint density at radius 2 is 0.258 bits per heavy atom. The standard InChI is InChI=1S/3C18H15P.BF4/c3*1-4-10-16(11-5-1)19(17-12-6-2-7-13-17)18-14-8-3-9-15-18;2-1(3,4)5/h3*1-15H;/q;;;-1. The fourth-order valence-corrected chi connectivity index (χ4v) is 13.5. The zero-order valence-electron chi connectivity index (χ0n) is 33.9. The molecule has 0 heterocycles. The maximum atomic E-state index is 9.75. The summed E-state index contributed by atoms with van der Waals surface area (Å²) in [5.74, 6) is 0. The molecule has 0 aromatic heterocycles. The summed E-state index contributed by atoms with van der Waals surface area (Å²) in [6.45, 7) is 0. The van der Waals surface area contributed by atoms with Crippen LogP contribution in [-0.4, -0.2) is 7.25 Å². The van der Waals surface area contributed by atoms with E-state index in [-0.39, 0.29) is 0 Å². The lowest BCUT2D eigenvalue weighted by atomic mass is 10.3. The number of rotatable bonds is 9. The summed E-state index contributed by atoms with van der Waals surface area (Å²) in [5.41, 5.74) is 0. The first-order chi connectivity index (χ1) is 30.3. The van der Waals surface area contributed by atoms with E-state index < -0.39 is 31.0 Å². The van der Waals surface area contributed by atoms with E-state index in [9.17, 15) is 17.3 Å². The summed E-state index contributed by atoms with van der Waals surface area (Å²) in [7, 11) is -7.34. The molecule has 0 unspecified atom stereocenters. The van der Waals surface area contributed by atoms with Gasteiger partial charge in [-0.2, -0.15) is 0 Å². The lowest BCUT2D eigenvalue weighted by Gasteiger charge is -2.18. The van der Waals surface area contributed by atoms with Gasteiger partial charge in [-0.3, -0.25) is 0 Å². The minimum absolute atomic E-state index is 0.446. The topological polar surface area (TPSA) is 0 Å². The molecule has 0 fully saturated rings. The van der Waals surface area contributed by atoms with Crippen LogP contribution < -0.4 is 47.7 Å². The number of benzene rings is 9. The Morgan fingerprint density at radius 3 is 0.339 bits per heavy atom. The number of hydrogen-bond acceptors (Lipinski definition) is 0. The number of halogens is 4. The van der Waals surface area contributed by atoms with E-state index in [2.05, 4.69) is 273 Å². The molecule has 0 aliphatic rings. The zero-order valence-corrected chi connectivity index (χ0v) is 36.6. The molecule has 8 heteroatoms. The second-order valence-corrected chi connectivity index (χ2v) is 20.2. The van der Waals surface area contributed by atoms with Crippen LogP contribution in [0.2, 0.25) is 0 Å². The molecule has 9 aromatic rings. The molecule has 0 radical (unpaired) electrons. The molecule has 0 atom stereocenters. The molecular formula is C54H45BF4P3-. The highest BCUT2D eigenvalue weighted by Crippen LogP contribution is 2.34. The van der Waals surface area contributed by atoms with Crippen molar-refractivity contribution in [2.45, 2.75) is 0 Å².